The van der Waals surface area contributed by atoms with Crippen LogP contribution in [0.2, 0.25) is 0 Å². The van der Waals surface area contributed by atoms with Crippen LogP contribution >= 0.6 is 0 Å². The van der Waals surface area contributed by atoms with E-state index in [2.05, 4.69) is 11.7 Å². The lowest BCUT2D eigenvalue weighted by atomic mass is 9.88. The lowest BCUT2D eigenvalue weighted by molar-refractivity contribution is -0.153. The molecule has 1 rings (SSSR count). The van der Waals surface area contributed by atoms with Gasteiger partial charge in [0.05, 0.1) is 11.8 Å². The molecule has 13 heavy (non-hydrogen) atoms. The minimum absolute atomic E-state index is 0.169. The molecule has 0 aromatic rings. The van der Waals surface area contributed by atoms with Crippen LogP contribution in [0, 0.1) is 11.8 Å². The SMILES string of the molecule is CCCCC1C(=O)OC(=O)C1CC. The molecule has 0 aliphatic carbocycles. The molecule has 2 unspecified atom stereocenters. The highest BCUT2D eigenvalue weighted by atomic mass is 16.6. The molecule has 1 heterocycles. The summed E-state index contributed by atoms with van der Waals surface area (Å²) in [6.45, 7) is 3.99. The fourth-order valence-corrected chi connectivity index (χ4v) is 1.77. The first-order chi connectivity index (χ1) is 6.20. The molecule has 1 fully saturated rings. The minimum Gasteiger partial charge on any atom is -0.393 e. The van der Waals surface area contributed by atoms with Crippen LogP contribution in [0.4, 0.5) is 0 Å². The van der Waals surface area contributed by atoms with Crippen LogP contribution < -0.4 is 0 Å². The summed E-state index contributed by atoms with van der Waals surface area (Å²) in [5, 5.41) is 0. The second-order valence-corrected chi connectivity index (χ2v) is 3.50. The van der Waals surface area contributed by atoms with Gasteiger partial charge in [0.2, 0.25) is 0 Å². The van der Waals surface area contributed by atoms with E-state index in [4.69, 9.17) is 0 Å². The molecule has 3 heteroatoms. The third kappa shape index (κ3) is 2.08. The highest BCUT2D eigenvalue weighted by molar-refractivity contribution is 5.96. The van der Waals surface area contributed by atoms with Crippen molar-refractivity contribution in [2.45, 2.75) is 39.5 Å². The van der Waals surface area contributed by atoms with Gasteiger partial charge in [0.25, 0.3) is 0 Å². The predicted molar refractivity (Wildman–Crippen MR) is 47.9 cm³/mol. The highest BCUT2D eigenvalue weighted by Gasteiger charge is 2.42. The Hall–Kier alpha value is -0.860. The standard InChI is InChI=1S/C10H16O3/c1-3-5-6-8-7(4-2)9(11)13-10(8)12/h7-8H,3-6H2,1-2H3. The number of cyclic esters (lactones) is 2. The average molecular weight is 184 g/mol. The van der Waals surface area contributed by atoms with Gasteiger partial charge < -0.3 is 4.74 Å². The monoisotopic (exact) mass is 184 g/mol. The number of unbranched alkanes of at least 4 members (excludes halogenated alkanes) is 1. The van der Waals surface area contributed by atoms with Crippen LogP contribution in [-0.4, -0.2) is 11.9 Å². The lowest BCUT2D eigenvalue weighted by Gasteiger charge is -2.09. The summed E-state index contributed by atoms with van der Waals surface area (Å²) in [7, 11) is 0. The maximum Gasteiger partial charge on any atom is 0.317 e. The van der Waals surface area contributed by atoms with Crippen LogP contribution in [0.25, 0.3) is 0 Å². The summed E-state index contributed by atoms with van der Waals surface area (Å²) < 4.78 is 4.60. The summed E-state index contributed by atoms with van der Waals surface area (Å²) in [5.41, 5.74) is 0. The van der Waals surface area contributed by atoms with Gasteiger partial charge in [-0.05, 0) is 12.8 Å². The molecule has 0 radical (unpaired) electrons. The number of carbonyl (C=O) groups excluding carboxylic acids is 2. The van der Waals surface area contributed by atoms with Crippen molar-refractivity contribution in [3.05, 3.63) is 0 Å². The van der Waals surface area contributed by atoms with Gasteiger partial charge in [0.15, 0.2) is 0 Å². The van der Waals surface area contributed by atoms with Crippen LogP contribution in [0.3, 0.4) is 0 Å². The van der Waals surface area contributed by atoms with Crippen LogP contribution in [-0.2, 0) is 14.3 Å². The first kappa shape index (κ1) is 10.2. The fraction of sp³-hybridized carbons (Fsp3) is 0.800. The van der Waals surface area contributed by atoms with Crippen molar-refractivity contribution in [2.24, 2.45) is 11.8 Å². The average Bonchev–Trinajstić information content (AvgIpc) is 2.37. The first-order valence-corrected chi connectivity index (χ1v) is 4.96. The molecule has 0 amide bonds. The predicted octanol–water partition coefficient (Wildman–Crippen LogP) is 1.90. The van der Waals surface area contributed by atoms with Crippen LogP contribution in [0.5, 0.6) is 0 Å². The van der Waals surface area contributed by atoms with Gasteiger partial charge in [-0.15, -0.1) is 0 Å². The van der Waals surface area contributed by atoms with Crippen LogP contribution in [0.15, 0.2) is 0 Å². The molecule has 0 aromatic heterocycles. The van der Waals surface area contributed by atoms with E-state index in [1.54, 1.807) is 0 Å². The maximum atomic E-state index is 11.2. The molecule has 2 atom stereocenters. The number of hydrogen-bond acceptors (Lipinski definition) is 3. The molecular formula is C10H16O3. The van der Waals surface area contributed by atoms with Gasteiger partial charge >= 0.3 is 11.9 Å². The van der Waals surface area contributed by atoms with Crippen molar-refractivity contribution in [3.63, 3.8) is 0 Å². The normalized spacial score (nSPS) is 27.8. The maximum absolute atomic E-state index is 11.2. The molecule has 0 bridgehead atoms. The number of esters is 2. The Labute approximate surface area is 78.5 Å². The van der Waals surface area contributed by atoms with E-state index in [9.17, 15) is 9.59 Å². The van der Waals surface area contributed by atoms with Gasteiger partial charge in [0.1, 0.15) is 0 Å². The van der Waals surface area contributed by atoms with Gasteiger partial charge in [-0.25, -0.2) is 0 Å². The van der Waals surface area contributed by atoms with Gasteiger partial charge in [-0.2, -0.15) is 0 Å². The van der Waals surface area contributed by atoms with Crippen molar-refractivity contribution in [1.82, 2.24) is 0 Å². The molecule has 74 valence electrons. The van der Waals surface area contributed by atoms with Crippen molar-refractivity contribution >= 4 is 11.9 Å². The zero-order chi connectivity index (χ0) is 9.84. The molecule has 1 aliphatic rings. The number of hydrogen-bond donors (Lipinski definition) is 0. The molecular weight excluding hydrogens is 168 g/mol. The molecule has 0 N–H and O–H groups in total. The number of ether oxygens (including phenoxy) is 1. The van der Waals surface area contributed by atoms with Crippen molar-refractivity contribution in [1.29, 1.82) is 0 Å². The number of rotatable bonds is 4. The quantitative estimate of drug-likeness (QED) is 0.495. The number of carbonyl (C=O) groups is 2. The summed E-state index contributed by atoms with van der Waals surface area (Å²) in [6.07, 6.45) is 3.54. The zero-order valence-electron chi connectivity index (χ0n) is 8.21. The van der Waals surface area contributed by atoms with E-state index in [-0.39, 0.29) is 23.8 Å². The molecule has 1 aliphatic heterocycles. The summed E-state index contributed by atoms with van der Waals surface area (Å²) >= 11 is 0. The minimum atomic E-state index is -0.325. The summed E-state index contributed by atoms with van der Waals surface area (Å²) in [4.78, 5) is 22.4. The summed E-state index contributed by atoms with van der Waals surface area (Å²) in [5.74, 6) is -0.990. The van der Waals surface area contributed by atoms with Crippen LogP contribution in [0.1, 0.15) is 39.5 Å². The molecule has 3 nitrogen and oxygen atoms in total. The summed E-state index contributed by atoms with van der Waals surface area (Å²) in [6, 6.07) is 0. The zero-order valence-corrected chi connectivity index (χ0v) is 8.21. The van der Waals surface area contributed by atoms with E-state index in [1.807, 2.05) is 6.92 Å². The Bertz CT molecular complexity index is 210. The van der Waals surface area contributed by atoms with E-state index in [1.165, 1.54) is 0 Å². The van der Waals surface area contributed by atoms with Crippen molar-refractivity contribution < 1.29 is 14.3 Å². The molecule has 1 saturated heterocycles. The molecule has 0 aromatic carbocycles. The second kappa shape index (κ2) is 4.40. The fourth-order valence-electron chi connectivity index (χ4n) is 1.77. The van der Waals surface area contributed by atoms with Gasteiger partial charge in [-0.3, -0.25) is 9.59 Å². The van der Waals surface area contributed by atoms with E-state index >= 15 is 0 Å². The smallest absolute Gasteiger partial charge is 0.317 e. The Balaban J connectivity index is 2.58. The van der Waals surface area contributed by atoms with Crippen molar-refractivity contribution in [2.75, 3.05) is 0 Å². The molecule has 0 spiro atoms. The third-order valence-corrected chi connectivity index (χ3v) is 2.60. The topological polar surface area (TPSA) is 43.4 Å². The third-order valence-electron chi connectivity index (χ3n) is 2.60. The second-order valence-electron chi connectivity index (χ2n) is 3.50. The first-order valence-electron chi connectivity index (χ1n) is 4.96. The lowest BCUT2D eigenvalue weighted by Crippen LogP contribution is -2.16. The Morgan fingerprint density at radius 2 is 1.77 bits per heavy atom. The van der Waals surface area contributed by atoms with Gasteiger partial charge in [0, 0.05) is 0 Å². The Morgan fingerprint density at radius 3 is 2.31 bits per heavy atom. The largest absolute Gasteiger partial charge is 0.393 e. The Morgan fingerprint density at radius 1 is 1.15 bits per heavy atom. The van der Waals surface area contributed by atoms with E-state index in [0.717, 1.165) is 19.3 Å². The Kier molecular flexibility index (Phi) is 3.46. The van der Waals surface area contributed by atoms with Gasteiger partial charge in [-0.1, -0.05) is 26.7 Å². The highest BCUT2D eigenvalue weighted by Crippen LogP contribution is 2.30. The molecule has 0 saturated carbocycles. The van der Waals surface area contributed by atoms with E-state index < -0.39 is 0 Å². The van der Waals surface area contributed by atoms with Crippen molar-refractivity contribution in [3.8, 4) is 0 Å². The van der Waals surface area contributed by atoms with E-state index in [0.29, 0.717) is 6.42 Å².